The molecule has 0 N–H and O–H groups in total. The molecule has 0 bridgehead atoms. The molecule has 2 atom stereocenters. The van der Waals surface area contributed by atoms with Gasteiger partial charge < -0.3 is 4.74 Å². The van der Waals surface area contributed by atoms with E-state index in [9.17, 15) is 0 Å². The summed E-state index contributed by atoms with van der Waals surface area (Å²) in [6, 6.07) is 0. The van der Waals surface area contributed by atoms with Gasteiger partial charge in [-0.1, -0.05) is 29.8 Å². The van der Waals surface area contributed by atoms with Crippen LogP contribution in [0.15, 0.2) is 0 Å². The molecule has 78 valence electrons. The van der Waals surface area contributed by atoms with Crippen molar-refractivity contribution in [3.05, 3.63) is 0 Å². The number of rotatable bonds is 5. The van der Waals surface area contributed by atoms with Crippen LogP contribution in [0.1, 0.15) is 46.0 Å². The van der Waals surface area contributed by atoms with E-state index in [2.05, 4.69) is 29.8 Å². The highest BCUT2D eigenvalue weighted by Crippen LogP contribution is 2.32. The van der Waals surface area contributed by atoms with Gasteiger partial charge in [0.25, 0.3) is 0 Å². The number of hydrogen-bond donors (Lipinski definition) is 0. The molecule has 1 rings (SSSR count). The second-order valence-corrected chi connectivity index (χ2v) is 5.03. The molecular weight excluding hydrogens is 228 g/mol. The zero-order valence-corrected chi connectivity index (χ0v) is 10.4. The predicted octanol–water partition coefficient (Wildman–Crippen LogP) is 3.76. The van der Waals surface area contributed by atoms with Gasteiger partial charge >= 0.3 is 0 Å². The van der Waals surface area contributed by atoms with Crippen molar-refractivity contribution in [1.82, 2.24) is 0 Å². The van der Waals surface area contributed by atoms with Gasteiger partial charge in [0.2, 0.25) is 0 Å². The van der Waals surface area contributed by atoms with Gasteiger partial charge in [0.1, 0.15) is 0 Å². The molecule has 1 nitrogen and oxygen atoms in total. The van der Waals surface area contributed by atoms with Crippen LogP contribution in [0.2, 0.25) is 0 Å². The zero-order chi connectivity index (χ0) is 9.73. The van der Waals surface area contributed by atoms with E-state index < -0.39 is 0 Å². The molecule has 13 heavy (non-hydrogen) atoms. The third-order valence-corrected chi connectivity index (χ3v) is 4.62. The van der Waals surface area contributed by atoms with Gasteiger partial charge in [-0.25, -0.2) is 0 Å². The molecule has 2 heteroatoms. The normalized spacial score (nSPS) is 27.5. The first-order valence-corrected chi connectivity index (χ1v) is 6.50. The Hall–Kier alpha value is 0.440. The first-order chi connectivity index (χ1) is 6.20. The van der Waals surface area contributed by atoms with Crippen LogP contribution in [0.25, 0.3) is 0 Å². The third kappa shape index (κ3) is 3.59. The van der Waals surface area contributed by atoms with Crippen LogP contribution in [0, 0.1) is 5.41 Å². The van der Waals surface area contributed by atoms with Crippen molar-refractivity contribution in [2.45, 2.75) is 52.1 Å². The van der Waals surface area contributed by atoms with E-state index in [-0.39, 0.29) is 0 Å². The van der Waals surface area contributed by atoms with Crippen LogP contribution < -0.4 is 0 Å². The number of ether oxygens (including phenoxy) is 1. The van der Waals surface area contributed by atoms with Crippen LogP contribution >= 0.6 is 15.9 Å². The summed E-state index contributed by atoms with van der Waals surface area (Å²) in [6.45, 7) is 5.62. The minimum Gasteiger partial charge on any atom is -0.378 e. The van der Waals surface area contributed by atoms with Gasteiger partial charge in [0.05, 0.1) is 6.10 Å². The van der Waals surface area contributed by atoms with Gasteiger partial charge in [-0.2, -0.15) is 0 Å². The quantitative estimate of drug-likeness (QED) is 0.674. The van der Waals surface area contributed by atoms with Crippen LogP contribution in [0.3, 0.4) is 0 Å². The molecule has 0 aromatic rings. The Balaban J connectivity index is 2.22. The van der Waals surface area contributed by atoms with Crippen LogP contribution in [-0.4, -0.2) is 18.0 Å². The molecular formula is C11H21BrO. The minimum atomic E-state index is 0.478. The molecule has 0 saturated carbocycles. The van der Waals surface area contributed by atoms with Crippen molar-refractivity contribution in [3.63, 3.8) is 0 Å². The Labute approximate surface area is 90.4 Å². The van der Waals surface area contributed by atoms with Gasteiger partial charge in [0.15, 0.2) is 0 Å². The predicted molar refractivity (Wildman–Crippen MR) is 60.4 cm³/mol. The van der Waals surface area contributed by atoms with E-state index >= 15 is 0 Å². The lowest BCUT2D eigenvalue weighted by atomic mass is 9.84. The zero-order valence-electron chi connectivity index (χ0n) is 8.81. The van der Waals surface area contributed by atoms with E-state index in [0.29, 0.717) is 11.5 Å². The van der Waals surface area contributed by atoms with E-state index in [1.807, 2.05) is 0 Å². The fourth-order valence-corrected chi connectivity index (χ4v) is 2.40. The molecule has 1 saturated heterocycles. The average molecular weight is 249 g/mol. The SMILES string of the molecule is CCC(C)(CBr)CCC1CCCO1. The largest absolute Gasteiger partial charge is 0.378 e. The Morgan fingerprint density at radius 3 is 2.77 bits per heavy atom. The van der Waals surface area contributed by atoms with Crippen molar-refractivity contribution >= 4 is 15.9 Å². The lowest BCUT2D eigenvalue weighted by Crippen LogP contribution is -2.19. The fraction of sp³-hybridized carbons (Fsp3) is 1.00. The van der Waals surface area contributed by atoms with Gasteiger partial charge in [0, 0.05) is 11.9 Å². The number of halogens is 1. The molecule has 2 unspecified atom stereocenters. The topological polar surface area (TPSA) is 9.23 Å². The summed E-state index contributed by atoms with van der Waals surface area (Å²) in [4.78, 5) is 0. The first kappa shape index (κ1) is 11.5. The van der Waals surface area contributed by atoms with Crippen molar-refractivity contribution < 1.29 is 4.74 Å². The average Bonchev–Trinajstić information content (AvgIpc) is 2.67. The highest BCUT2D eigenvalue weighted by Gasteiger charge is 2.23. The maximum atomic E-state index is 5.62. The highest BCUT2D eigenvalue weighted by atomic mass is 79.9. The number of alkyl halides is 1. The second-order valence-electron chi connectivity index (χ2n) is 4.47. The van der Waals surface area contributed by atoms with E-state index in [1.54, 1.807) is 0 Å². The monoisotopic (exact) mass is 248 g/mol. The molecule has 0 aromatic heterocycles. The highest BCUT2D eigenvalue weighted by molar-refractivity contribution is 9.09. The Bertz CT molecular complexity index is 137. The molecule has 0 spiro atoms. The van der Waals surface area contributed by atoms with Crippen molar-refractivity contribution in [3.8, 4) is 0 Å². The van der Waals surface area contributed by atoms with Gasteiger partial charge in [-0.3, -0.25) is 0 Å². The van der Waals surface area contributed by atoms with Crippen LogP contribution in [-0.2, 0) is 4.74 Å². The van der Waals surface area contributed by atoms with Crippen molar-refractivity contribution in [2.75, 3.05) is 11.9 Å². The van der Waals surface area contributed by atoms with Gasteiger partial charge in [-0.15, -0.1) is 0 Å². The maximum absolute atomic E-state index is 5.62. The maximum Gasteiger partial charge on any atom is 0.0576 e. The Morgan fingerprint density at radius 1 is 1.54 bits per heavy atom. The molecule has 0 radical (unpaired) electrons. The first-order valence-electron chi connectivity index (χ1n) is 5.38. The summed E-state index contributed by atoms with van der Waals surface area (Å²) < 4.78 is 5.62. The Morgan fingerprint density at radius 2 is 2.31 bits per heavy atom. The fourth-order valence-electron chi connectivity index (χ4n) is 1.72. The van der Waals surface area contributed by atoms with Gasteiger partial charge in [-0.05, 0) is 37.5 Å². The summed E-state index contributed by atoms with van der Waals surface area (Å²) in [6.07, 6.45) is 6.90. The minimum absolute atomic E-state index is 0.478. The lowest BCUT2D eigenvalue weighted by Gasteiger charge is -2.26. The molecule has 1 aliphatic rings. The molecule has 0 amide bonds. The third-order valence-electron chi connectivity index (χ3n) is 3.27. The van der Waals surface area contributed by atoms with Crippen LogP contribution in [0.4, 0.5) is 0 Å². The summed E-state index contributed by atoms with van der Waals surface area (Å²) in [5.74, 6) is 0. The molecule has 0 aromatic carbocycles. The number of hydrogen-bond acceptors (Lipinski definition) is 1. The second kappa shape index (κ2) is 5.35. The molecule has 1 fully saturated rings. The van der Waals surface area contributed by atoms with Crippen molar-refractivity contribution in [1.29, 1.82) is 0 Å². The summed E-state index contributed by atoms with van der Waals surface area (Å²) in [7, 11) is 0. The Kier molecular flexibility index (Phi) is 4.74. The summed E-state index contributed by atoms with van der Waals surface area (Å²) in [5.41, 5.74) is 0.478. The van der Waals surface area contributed by atoms with E-state index in [4.69, 9.17) is 4.74 Å². The lowest BCUT2D eigenvalue weighted by molar-refractivity contribution is 0.0918. The van der Waals surface area contributed by atoms with E-state index in [0.717, 1.165) is 11.9 Å². The molecule has 1 aliphatic heterocycles. The summed E-state index contributed by atoms with van der Waals surface area (Å²) >= 11 is 3.60. The smallest absolute Gasteiger partial charge is 0.0576 e. The van der Waals surface area contributed by atoms with E-state index in [1.165, 1.54) is 32.1 Å². The molecule has 0 aliphatic carbocycles. The summed E-state index contributed by atoms with van der Waals surface area (Å²) in [5, 5.41) is 1.11. The molecule has 1 heterocycles. The standard InChI is InChI=1S/C11H21BrO/c1-3-11(2,9-12)7-6-10-5-4-8-13-10/h10H,3-9H2,1-2H3. The van der Waals surface area contributed by atoms with Crippen molar-refractivity contribution in [2.24, 2.45) is 5.41 Å². The van der Waals surface area contributed by atoms with Crippen LogP contribution in [0.5, 0.6) is 0 Å².